The normalized spacial score (nSPS) is 9.59. The highest BCUT2D eigenvalue weighted by atomic mass is 16.5. The smallest absolute Gasteiger partial charge is 0.341 e. The van der Waals surface area contributed by atoms with Crippen molar-refractivity contribution >= 4 is 30.9 Å². The van der Waals surface area contributed by atoms with Gasteiger partial charge in [-0.25, -0.2) is 4.79 Å². The van der Waals surface area contributed by atoms with Crippen molar-refractivity contribution in [1.29, 1.82) is 0 Å². The quantitative estimate of drug-likeness (QED) is 0.577. The molecule has 1 amide bonds. The Morgan fingerprint density at radius 1 is 1.29 bits per heavy atom. The largest absolute Gasteiger partial charge is 0.494 e. The fraction of sp³-hybridized carbons (Fsp3) is 0.273. The van der Waals surface area contributed by atoms with Crippen LogP contribution in [0.25, 0.3) is 0 Å². The fourth-order valence-electron chi connectivity index (χ4n) is 1.50. The molecule has 0 bridgehead atoms. The van der Waals surface area contributed by atoms with E-state index in [1.54, 1.807) is 12.1 Å². The van der Waals surface area contributed by atoms with Crippen molar-refractivity contribution < 1.29 is 19.1 Å². The van der Waals surface area contributed by atoms with Crippen LogP contribution in [0.4, 0.5) is 5.69 Å². The lowest BCUT2D eigenvalue weighted by atomic mass is 9.91. The van der Waals surface area contributed by atoms with Gasteiger partial charge in [-0.2, -0.15) is 0 Å². The van der Waals surface area contributed by atoms with E-state index in [0.717, 1.165) is 5.46 Å². The topological polar surface area (TPSA) is 64.6 Å². The highest BCUT2D eigenvalue weighted by Crippen LogP contribution is 2.27. The maximum Gasteiger partial charge on any atom is 0.341 e. The first-order valence-electron chi connectivity index (χ1n) is 5.04. The minimum absolute atomic E-state index is 0.228. The summed E-state index contributed by atoms with van der Waals surface area (Å²) < 4.78 is 9.81. The summed E-state index contributed by atoms with van der Waals surface area (Å²) in [7, 11) is 4.54. The van der Waals surface area contributed by atoms with Crippen LogP contribution in [0.1, 0.15) is 17.3 Å². The molecule has 0 radical (unpaired) electrons. The number of methoxy groups -OCH3 is 2. The maximum absolute atomic E-state index is 11.5. The lowest BCUT2D eigenvalue weighted by Gasteiger charge is -2.15. The highest BCUT2D eigenvalue weighted by Gasteiger charge is 2.18. The van der Waals surface area contributed by atoms with Crippen LogP contribution in [0, 0.1) is 0 Å². The Morgan fingerprint density at radius 2 is 1.94 bits per heavy atom. The van der Waals surface area contributed by atoms with Gasteiger partial charge in [0.2, 0.25) is 5.91 Å². The van der Waals surface area contributed by atoms with Gasteiger partial charge in [-0.05, 0) is 6.07 Å². The molecule has 0 saturated heterocycles. The van der Waals surface area contributed by atoms with E-state index in [2.05, 4.69) is 10.1 Å². The Labute approximate surface area is 101 Å². The molecule has 1 rings (SSSR count). The second-order valence-corrected chi connectivity index (χ2v) is 3.51. The van der Waals surface area contributed by atoms with Crippen molar-refractivity contribution in [2.24, 2.45) is 0 Å². The van der Waals surface area contributed by atoms with Crippen LogP contribution in [0.2, 0.25) is 0 Å². The molecule has 1 aromatic carbocycles. The van der Waals surface area contributed by atoms with E-state index in [4.69, 9.17) is 4.74 Å². The average Bonchev–Trinajstić information content (AvgIpc) is 2.30. The van der Waals surface area contributed by atoms with Gasteiger partial charge in [-0.15, -0.1) is 0 Å². The molecule has 6 heteroatoms. The van der Waals surface area contributed by atoms with Crippen LogP contribution in [0.15, 0.2) is 12.1 Å². The van der Waals surface area contributed by atoms with Crippen molar-refractivity contribution in [2.75, 3.05) is 19.5 Å². The summed E-state index contributed by atoms with van der Waals surface area (Å²) in [6.45, 7) is 1.39. The van der Waals surface area contributed by atoms with Crippen molar-refractivity contribution in [2.45, 2.75) is 6.92 Å². The van der Waals surface area contributed by atoms with Crippen LogP contribution in [0.3, 0.4) is 0 Å². The number of nitrogens with one attached hydrogen (secondary N) is 1. The minimum Gasteiger partial charge on any atom is -0.494 e. The fourth-order valence-corrected chi connectivity index (χ4v) is 1.50. The van der Waals surface area contributed by atoms with Gasteiger partial charge in [0.15, 0.2) is 5.75 Å². The molecule has 5 nitrogen and oxygen atoms in total. The van der Waals surface area contributed by atoms with Gasteiger partial charge in [-0.1, -0.05) is 11.5 Å². The van der Waals surface area contributed by atoms with Crippen LogP contribution in [0.5, 0.6) is 5.75 Å². The third kappa shape index (κ3) is 2.78. The summed E-state index contributed by atoms with van der Waals surface area (Å²) >= 11 is 0. The SMILES string of the molecule is Bc1ccc(C(=O)OC)c(OC)c1NC(C)=O. The number of anilines is 1. The van der Waals surface area contributed by atoms with Gasteiger partial charge in [-0.3, -0.25) is 4.79 Å². The molecular weight excluding hydrogens is 221 g/mol. The van der Waals surface area contributed by atoms with Crippen LogP contribution >= 0.6 is 0 Å². The number of hydrogen-bond acceptors (Lipinski definition) is 4. The molecule has 0 aliphatic rings. The molecule has 1 N–H and O–H groups in total. The van der Waals surface area contributed by atoms with E-state index in [0.29, 0.717) is 11.4 Å². The molecule has 0 aliphatic heterocycles. The van der Waals surface area contributed by atoms with Gasteiger partial charge < -0.3 is 14.8 Å². The Bertz CT molecular complexity index is 459. The van der Waals surface area contributed by atoms with E-state index in [1.807, 2.05) is 7.85 Å². The van der Waals surface area contributed by atoms with Crippen molar-refractivity contribution in [3.63, 3.8) is 0 Å². The number of carbonyl (C=O) groups is 2. The number of ether oxygens (including phenoxy) is 2. The third-order valence-corrected chi connectivity index (χ3v) is 2.28. The average molecular weight is 235 g/mol. The molecule has 0 aliphatic carbocycles. The first-order valence-corrected chi connectivity index (χ1v) is 5.04. The van der Waals surface area contributed by atoms with Gasteiger partial charge in [0.05, 0.1) is 19.9 Å². The lowest BCUT2D eigenvalue weighted by Crippen LogP contribution is -2.19. The molecule has 90 valence electrons. The number of amides is 1. The number of rotatable bonds is 3. The molecule has 0 fully saturated rings. The zero-order chi connectivity index (χ0) is 13.0. The minimum atomic E-state index is -0.506. The Balaban J connectivity index is 3.35. The lowest BCUT2D eigenvalue weighted by molar-refractivity contribution is -0.114. The predicted octanol–water partition coefficient (Wildman–Crippen LogP) is -0.301. The summed E-state index contributed by atoms with van der Waals surface area (Å²) in [5.74, 6) is -0.422. The summed E-state index contributed by atoms with van der Waals surface area (Å²) in [6, 6.07) is 3.32. The number of carbonyl (C=O) groups excluding carboxylic acids is 2. The summed E-state index contributed by atoms with van der Waals surface area (Å²) in [5, 5.41) is 2.64. The number of esters is 1. The predicted molar refractivity (Wildman–Crippen MR) is 66.8 cm³/mol. The molecule has 0 saturated carbocycles. The Kier molecular flexibility index (Phi) is 4.14. The molecule has 0 aromatic heterocycles. The molecule has 0 spiro atoms. The zero-order valence-electron chi connectivity index (χ0n) is 10.3. The standard InChI is InChI=1S/C11H14BNO4/c1-6(14)13-9-8(12)5-4-7(10(9)16-2)11(15)17-3/h4-5H,12H2,1-3H3,(H,13,14). The van der Waals surface area contributed by atoms with Crippen molar-refractivity contribution in [3.05, 3.63) is 17.7 Å². The van der Waals surface area contributed by atoms with Crippen LogP contribution in [-0.2, 0) is 9.53 Å². The number of hydrogen-bond donors (Lipinski definition) is 1. The van der Waals surface area contributed by atoms with Gasteiger partial charge in [0, 0.05) is 6.92 Å². The molecule has 0 heterocycles. The molecule has 0 unspecified atom stereocenters. The second kappa shape index (κ2) is 5.38. The Morgan fingerprint density at radius 3 is 2.41 bits per heavy atom. The first kappa shape index (κ1) is 13.1. The summed E-state index contributed by atoms with van der Waals surface area (Å²) in [5.41, 5.74) is 1.58. The van der Waals surface area contributed by atoms with E-state index >= 15 is 0 Å². The van der Waals surface area contributed by atoms with E-state index < -0.39 is 5.97 Å². The van der Waals surface area contributed by atoms with Crippen LogP contribution < -0.4 is 15.5 Å². The first-order chi connectivity index (χ1) is 8.01. The van der Waals surface area contributed by atoms with Crippen molar-refractivity contribution in [3.8, 4) is 5.75 Å². The molecular formula is C11H14BNO4. The molecule has 17 heavy (non-hydrogen) atoms. The van der Waals surface area contributed by atoms with E-state index in [-0.39, 0.29) is 11.5 Å². The Hall–Kier alpha value is -1.98. The molecule has 1 aromatic rings. The van der Waals surface area contributed by atoms with Gasteiger partial charge >= 0.3 is 5.97 Å². The molecule has 0 atom stereocenters. The third-order valence-electron chi connectivity index (χ3n) is 2.28. The van der Waals surface area contributed by atoms with Gasteiger partial charge in [0.1, 0.15) is 13.4 Å². The summed E-state index contributed by atoms with van der Waals surface area (Å²) in [6.07, 6.45) is 0. The van der Waals surface area contributed by atoms with E-state index in [1.165, 1.54) is 21.1 Å². The van der Waals surface area contributed by atoms with Crippen LogP contribution in [-0.4, -0.2) is 33.9 Å². The van der Waals surface area contributed by atoms with Crippen molar-refractivity contribution in [1.82, 2.24) is 0 Å². The second-order valence-electron chi connectivity index (χ2n) is 3.51. The van der Waals surface area contributed by atoms with E-state index in [9.17, 15) is 9.59 Å². The van der Waals surface area contributed by atoms with Gasteiger partial charge in [0.25, 0.3) is 0 Å². The summed E-state index contributed by atoms with van der Waals surface area (Å²) in [4.78, 5) is 22.6. The zero-order valence-corrected chi connectivity index (χ0v) is 10.3. The maximum atomic E-state index is 11.5. The monoisotopic (exact) mass is 235 g/mol. The number of benzene rings is 1. The highest BCUT2D eigenvalue weighted by molar-refractivity contribution is 6.37.